The lowest BCUT2D eigenvalue weighted by atomic mass is 9.96. The van der Waals surface area contributed by atoms with Gasteiger partial charge in [-0.25, -0.2) is 18.4 Å². The Morgan fingerprint density at radius 1 is 1.27 bits per heavy atom. The summed E-state index contributed by atoms with van der Waals surface area (Å²) in [7, 11) is -3.30. The molecular weight excluding hydrogens is 404 g/mol. The molecule has 30 heavy (non-hydrogen) atoms. The lowest BCUT2D eigenvalue weighted by molar-refractivity contribution is -0.125. The van der Waals surface area contributed by atoms with Gasteiger partial charge in [0.2, 0.25) is 11.9 Å². The van der Waals surface area contributed by atoms with Crippen LogP contribution < -0.4 is 10.2 Å². The Labute approximate surface area is 178 Å². The summed E-state index contributed by atoms with van der Waals surface area (Å²) in [5, 5.41) is 3.78. The Hall–Kier alpha value is -2.26. The van der Waals surface area contributed by atoms with Crippen molar-refractivity contribution in [2.45, 2.75) is 44.6 Å². The summed E-state index contributed by atoms with van der Waals surface area (Å²) in [6, 6.07) is 4.94. The minimum absolute atomic E-state index is 0.0290. The third-order valence-corrected chi connectivity index (χ3v) is 6.39. The number of benzene rings is 1. The number of aryl methyl sites for hydroxylation is 1. The first-order valence-corrected chi connectivity index (χ1v) is 12.2. The number of hydrogen-bond acceptors (Lipinski definition) is 7. The molecule has 1 aliphatic heterocycles. The first-order valence-electron chi connectivity index (χ1n) is 10.3. The third-order valence-electron chi connectivity index (χ3n) is 5.28. The summed E-state index contributed by atoms with van der Waals surface area (Å²) in [5.74, 6) is 0.615. The van der Waals surface area contributed by atoms with Gasteiger partial charge in [-0.05, 0) is 51.8 Å². The zero-order valence-electron chi connectivity index (χ0n) is 18.0. The zero-order chi connectivity index (χ0) is 21.9. The molecule has 1 aromatic heterocycles. The predicted molar refractivity (Wildman–Crippen MR) is 116 cm³/mol. The van der Waals surface area contributed by atoms with Crippen LogP contribution in [0.1, 0.15) is 32.4 Å². The number of rotatable bonds is 7. The third kappa shape index (κ3) is 5.46. The van der Waals surface area contributed by atoms with E-state index in [1.165, 1.54) is 6.26 Å². The summed E-state index contributed by atoms with van der Waals surface area (Å²) in [5.41, 5.74) is 1.42. The van der Waals surface area contributed by atoms with E-state index < -0.39 is 9.84 Å². The van der Waals surface area contributed by atoms with Crippen molar-refractivity contribution in [1.82, 2.24) is 15.3 Å². The summed E-state index contributed by atoms with van der Waals surface area (Å²) in [4.78, 5) is 23.9. The number of fused-ring (bicyclic) bond motifs is 1. The molecule has 2 heterocycles. The number of nitrogens with zero attached hydrogens (tertiary/aromatic N) is 3. The second kappa shape index (κ2) is 9.26. The molecule has 1 amide bonds. The maximum atomic E-state index is 12.4. The number of piperidine rings is 1. The number of nitrogens with one attached hydrogen (secondary N) is 1. The highest BCUT2D eigenvalue weighted by Crippen LogP contribution is 2.25. The molecule has 2 aromatic rings. The Balaban J connectivity index is 1.65. The monoisotopic (exact) mass is 434 g/mol. The number of anilines is 1. The van der Waals surface area contributed by atoms with Gasteiger partial charge in [0, 0.05) is 37.2 Å². The molecule has 1 saturated heterocycles. The molecule has 3 rings (SSSR count). The molecule has 0 unspecified atom stereocenters. The topological polar surface area (TPSA) is 101 Å². The van der Waals surface area contributed by atoms with E-state index in [0.29, 0.717) is 37.7 Å². The van der Waals surface area contributed by atoms with Gasteiger partial charge < -0.3 is 15.0 Å². The Bertz CT molecular complexity index is 1020. The van der Waals surface area contributed by atoms with E-state index in [1.807, 2.05) is 20.8 Å². The lowest BCUT2D eigenvalue weighted by Crippen LogP contribution is -2.42. The van der Waals surface area contributed by atoms with E-state index in [1.54, 1.807) is 18.2 Å². The molecule has 9 heteroatoms. The quantitative estimate of drug-likeness (QED) is 0.666. The summed E-state index contributed by atoms with van der Waals surface area (Å²) < 4.78 is 29.2. The largest absolute Gasteiger partial charge is 0.377 e. The molecule has 1 aliphatic rings. The molecule has 164 valence electrons. The second-order valence-electron chi connectivity index (χ2n) is 8.03. The maximum Gasteiger partial charge on any atom is 0.226 e. The van der Waals surface area contributed by atoms with Crippen LogP contribution in [0.3, 0.4) is 0 Å². The molecule has 0 aliphatic carbocycles. The first-order chi connectivity index (χ1) is 14.1. The van der Waals surface area contributed by atoms with E-state index in [4.69, 9.17) is 4.74 Å². The summed E-state index contributed by atoms with van der Waals surface area (Å²) >= 11 is 0. The van der Waals surface area contributed by atoms with Crippen LogP contribution in [0.25, 0.3) is 10.9 Å². The van der Waals surface area contributed by atoms with Gasteiger partial charge in [-0.1, -0.05) is 0 Å². The Morgan fingerprint density at radius 2 is 1.97 bits per heavy atom. The fraction of sp³-hybridized carbons (Fsp3) is 0.571. The molecule has 0 atom stereocenters. The Kier molecular flexibility index (Phi) is 6.92. The molecule has 1 N–H and O–H groups in total. The van der Waals surface area contributed by atoms with Crippen LogP contribution in [0.5, 0.6) is 0 Å². The Morgan fingerprint density at radius 3 is 2.60 bits per heavy atom. The van der Waals surface area contributed by atoms with E-state index >= 15 is 0 Å². The SMILES string of the molecule is Cc1nc(N2CCC(C(=O)NCCOC(C)C)CC2)nc2cc(S(C)(=O)=O)ccc12. The molecule has 8 nitrogen and oxygen atoms in total. The fourth-order valence-corrected chi connectivity index (χ4v) is 4.22. The van der Waals surface area contributed by atoms with E-state index in [-0.39, 0.29) is 22.8 Å². The van der Waals surface area contributed by atoms with E-state index in [9.17, 15) is 13.2 Å². The number of aromatic nitrogens is 2. The number of ether oxygens (including phenoxy) is 1. The van der Waals surface area contributed by atoms with Gasteiger partial charge in [-0.2, -0.15) is 0 Å². The molecule has 1 fully saturated rings. The van der Waals surface area contributed by atoms with Crippen LogP contribution in [-0.2, 0) is 19.4 Å². The highest BCUT2D eigenvalue weighted by atomic mass is 32.2. The molecule has 0 spiro atoms. The molecule has 1 aromatic carbocycles. The first kappa shape index (κ1) is 22.4. The van der Waals surface area contributed by atoms with Gasteiger partial charge in [0.15, 0.2) is 9.84 Å². The van der Waals surface area contributed by atoms with Crippen molar-refractivity contribution in [3.8, 4) is 0 Å². The van der Waals surface area contributed by atoms with Gasteiger partial charge in [0.1, 0.15) is 0 Å². The van der Waals surface area contributed by atoms with Crippen LogP contribution in [-0.4, -0.2) is 62.9 Å². The van der Waals surface area contributed by atoms with E-state index in [2.05, 4.69) is 20.2 Å². The molecular formula is C21H30N4O4S. The average Bonchev–Trinajstić information content (AvgIpc) is 2.70. The molecule has 0 radical (unpaired) electrons. The van der Waals surface area contributed by atoms with Crippen LogP contribution in [0, 0.1) is 12.8 Å². The number of carbonyl (C=O) groups is 1. The molecule has 0 bridgehead atoms. The van der Waals surface area contributed by atoms with Crippen molar-refractivity contribution in [3.05, 3.63) is 23.9 Å². The lowest BCUT2D eigenvalue weighted by Gasteiger charge is -2.31. The van der Waals surface area contributed by atoms with E-state index in [0.717, 1.165) is 23.9 Å². The van der Waals surface area contributed by atoms with Gasteiger partial charge in [-0.15, -0.1) is 0 Å². The van der Waals surface area contributed by atoms with Crippen molar-refractivity contribution in [2.24, 2.45) is 5.92 Å². The highest BCUT2D eigenvalue weighted by molar-refractivity contribution is 7.90. The van der Waals surface area contributed by atoms with Crippen LogP contribution in [0.2, 0.25) is 0 Å². The van der Waals surface area contributed by atoms with Crippen molar-refractivity contribution in [3.63, 3.8) is 0 Å². The van der Waals surface area contributed by atoms with Gasteiger partial charge in [-0.3, -0.25) is 4.79 Å². The van der Waals surface area contributed by atoms with Crippen molar-refractivity contribution in [1.29, 1.82) is 0 Å². The number of carbonyl (C=O) groups excluding carboxylic acids is 1. The zero-order valence-corrected chi connectivity index (χ0v) is 18.8. The minimum atomic E-state index is -3.30. The minimum Gasteiger partial charge on any atom is -0.377 e. The number of hydrogen-bond donors (Lipinski definition) is 1. The fourth-order valence-electron chi connectivity index (χ4n) is 3.58. The van der Waals surface area contributed by atoms with Gasteiger partial charge >= 0.3 is 0 Å². The van der Waals surface area contributed by atoms with Crippen molar-refractivity contribution >= 4 is 32.6 Å². The second-order valence-corrected chi connectivity index (χ2v) is 10.0. The number of sulfone groups is 1. The summed E-state index contributed by atoms with van der Waals surface area (Å²) in [6.07, 6.45) is 2.79. The standard InChI is InChI=1S/C21H30N4O4S/c1-14(2)29-12-9-22-20(26)16-7-10-25(11-8-16)21-23-15(3)18-6-5-17(30(4,27)28)13-19(18)24-21/h5-6,13-14,16H,7-12H2,1-4H3,(H,22,26). The van der Waals surface area contributed by atoms with Crippen molar-refractivity contribution in [2.75, 3.05) is 37.4 Å². The smallest absolute Gasteiger partial charge is 0.226 e. The predicted octanol–water partition coefficient (Wildman–Crippen LogP) is 2.10. The number of amides is 1. The van der Waals surface area contributed by atoms with Crippen LogP contribution in [0.4, 0.5) is 5.95 Å². The van der Waals surface area contributed by atoms with Crippen LogP contribution >= 0.6 is 0 Å². The van der Waals surface area contributed by atoms with Crippen LogP contribution in [0.15, 0.2) is 23.1 Å². The summed E-state index contributed by atoms with van der Waals surface area (Å²) in [6.45, 7) is 8.22. The molecule has 0 saturated carbocycles. The average molecular weight is 435 g/mol. The highest BCUT2D eigenvalue weighted by Gasteiger charge is 2.26. The maximum absolute atomic E-state index is 12.4. The van der Waals surface area contributed by atoms with Gasteiger partial charge in [0.05, 0.1) is 28.8 Å². The van der Waals surface area contributed by atoms with Crippen molar-refractivity contribution < 1.29 is 17.9 Å². The van der Waals surface area contributed by atoms with Gasteiger partial charge in [0.25, 0.3) is 0 Å². The normalized spacial score (nSPS) is 15.7.